The van der Waals surface area contributed by atoms with Gasteiger partial charge in [0.25, 0.3) is 5.91 Å². The fraction of sp³-hybridized carbons (Fsp3) is 0.364. The van der Waals surface area contributed by atoms with E-state index in [-0.39, 0.29) is 22.8 Å². The van der Waals surface area contributed by atoms with Crippen LogP contribution in [0.5, 0.6) is 5.75 Å². The standard InChI is InChI=1S/C22H20F4N2O5S/c1-20(2)14-8-12(18(29)27-21(3)10-34(31,32)11-21)4-7-16(14)28(19(20)30)17-9-13(5-6-15(17)23)33-22(24,25)26/h4-9H,10-11H2,1-3H3,(H,27,29). The Labute approximate surface area is 192 Å². The Hall–Kier alpha value is -3.15. The molecule has 0 aliphatic carbocycles. The Balaban J connectivity index is 1.70. The SMILES string of the molecule is CC1(NC(=O)c2ccc3c(c2)C(C)(C)C(=O)N3c2cc(OC(F)(F)F)ccc2F)CS(=O)(=O)C1. The van der Waals surface area contributed by atoms with Crippen LogP contribution in [0, 0.1) is 5.82 Å². The van der Waals surface area contributed by atoms with Crippen molar-refractivity contribution < 1.29 is 40.3 Å². The molecular weight excluding hydrogens is 480 g/mol. The summed E-state index contributed by atoms with van der Waals surface area (Å²) >= 11 is 0. The zero-order valence-corrected chi connectivity index (χ0v) is 19.1. The molecule has 0 atom stereocenters. The summed E-state index contributed by atoms with van der Waals surface area (Å²) in [5.41, 5.74) is -1.86. The van der Waals surface area contributed by atoms with Crippen LogP contribution in [0.4, 0.5) is 28.9 Å². The van der Waals surface area contributed by atoms with Crippen LogP contribution in [0.15, 0.2) is 36.4 Å². The van der Waals surface area contributed by atoms with Crippen LogP contribution in [0.25, 0.3) is 0 Å². The summed E-state index contributed by atoms with van der Waals surface area (Å²) in [7, 11) is -3.19. The molecule has 12 heteroatoms. The maximum absolute atomic E-state index is 14.6. The number of amides is 2. The van der Waals surface area contributed by atoms with Gasteiger partial charge in [-0.2, -0.15) is 0 Å². The van der Waals surface area contributed by atoms with Gasteiger partial charge in [-0.1, -0.05) is 0 Å². The number of fused-ring (bicyclic) bond motifs is 1. The van der Waals surface area contributed by atoms with Crippen LogP contribution in [0.3, 0.4) is 0 Å². The van der Waals surface area contributed by atoms with E-state index in [0.717, 1.165) is 23.1 Å². The number of ether oxygens (including phenoxy) is 1. The maximum Gasteiger partial charge on any atom is 0.573 e. The lowest BCUT2D eigenvalue weighted by Gasteiger charge is -2.38. The normalized spacial score (nSPS) is 19.9. The highest BCUT2D eigenvalue weighted by Gasteiger charge is 2.48. The van der Waals surface area contributed by atoms with Crippen molar-refractivity contribution in [3.05, 3.63) is 53.3 Å². The van der Waals surface area contributed by atoms with Crippen LogP contribution in [0.1, 0.15) is 36.7 Å². The second-order valence-electron chi connectivity index (χ2n) is 9.21. The molecule has 0 radical (unpaired) electrons. The third-order valence-corrected chi connectivity index (χ3v) is 7.95. The van der Waals surface area contributed by atoms with E-state index in [1.165, 1.54) is 18.2 Å². The van der Waals surface area contributed by atoms with Crippen molar-refractivity contribution in [2.75, 3.05) is 16.4 Å². The molecule has 2 aromatic rings. The first-order valence-electron chi connectivity index (χ1n) is 10.1. The first kappa shape index (κ1) is 24.0. The molecule has 34 heavy (non-hydrogen) atoms. The van der Waals surface area contributed by atoms with Gasteiger partial charge in [-0.25, -0.2) is 12.8 Å². The quantitative estimate of drug-likeness (QED) is 0.648. The largest absolute Gasteiger partial charge is 0.573 e. The van der Waals surface area contributed by atoms with Crippen molar-refractivity contribution in [2.24, 2.45) is 0 Å². The summed E-state index contributed by atoms with van der Waals surface area (Å²) in [6.45, 7) is 4.70. The van der Waals surface area contributed by atoms with E-state index in [2.05, 4.69) is 10.1 Å². The van der Waals surface area contributed by atoms with Crippen LogP contribution < -0.4 is 15.0 Å². The number of alkyl halides is 3. The molecule has 2 amide bonds. The lowest BCUT2D eigenvalue weighted by atomic mass is 9.85. The molecule has 0 saturated carbocycles. The number of anilines is 2. The minimum absolute atomic E-state index is 0.154. The Kier molecular flexibility index (Phi) is 5.24. The highest BCUT2D eigenvalue weighted by Crippen LogP contribution is 2.47. The van der Waals surface area contributed by atoms with Gasteiger partial charge in [-0.05, 0) is 56.7 Å². The number of carbonyl (C=O) groups is 2. The molecule has 2 aliphatic heterocycles. The van der Waals surface area contributed by atoms with Gasteiger partial charge in [0.2, 0.25) is 5.91 Å². The Morgan fingerprint density at radius 2 is 1.71 bits per heavy atom. The van der Waals surface area contributed by atoms with Crippen LogP contribution in [-0.4, -0.2) is 43.6 Å². The first-order valence-corrected chi connectivity index (χ1v) is 11.9. The molecular formula is C22H20F4N2O5S. The van der Waals surface area contributed by atoms with E-state index in [4.69, 9.17) is 0 Å². The van der Waals surface area contributed by atoms with Crippen LogP contribution in [0.2, 0.25) is 0 Å². The van der Waals surface area contributed by atoms with Crippen LogP contribution in [-0.2, 0) is 20.0 Å². The van der Waals surface area contributed by atoms with Crippen molar-refractivity contribution in [1.82, 2.24) is 5.32 Å². The minimum atomic E-state index is -5.00. The monoisotopic (exact) mass is 500 g/mol. The van der Waals surface area contributed by atoms with Crippen molar-refractivity contribution in [2.45, 2.75) is 38.1 Å². The first-order chi connectivity index (χ1) is 15.5. The average molecular weight is 500 g/mol. The predicted octanol–water partition coefficient (Wildman–Crippen LogP) is 3.60. The molecule has 182 valence electrons. The summed E-state index contributed by atoms with van der Waals surface area (Å²) < 4.78 is 79.4. The highest BCUT2D eigenvalue weighted by atomic mass is 32.2. The second-order valence-corrected chi connectivity index (χ2v) is 11.3. The van der Waals surface area contributed by atoms with Gasteiger partial charge in [-0.15, -0.1) is 13.2 Å². The number of hydrogen-bond donors (Lipinski definition) is 1. The fourth-order valence-electron chi connectivity index (χ4n) is 4.32. The zero-order valence-electron chi connectivity index (χ0n) is 18.3. The van der Waals surface area contributed by atoms with Gasteiger partial charge in [0.1, 0.15) is 11.6 Å². The van der Waals surface area contributed by atoms with Gasteiger partial charge >= 0.3 is 6.36 Å². The highest BCUT2D eigenvalue weighted by molar-refractivity contribution is 7.93. The molecule has 0 bridgehead atoms. The number of nitrogens with one attached hydrogen (secondary N) is 1. The Morgan fingerprint density at radius 3 is 2.29 bits per heavy atom. The van der Waals surface area contributed by atoms with E-state index in [1.807, 2.05) is 0 Å². The topological polar surface area (TPSA) is 92.8 Å². The number of hydrogen-bond acceptors (Lipinski definition) is 5. The predicted molar refractivity (Wildman–Crippen MR) is 114 cm³/mol. The second kappa shape index (κ2) is 7.42. The van der Waals surface area contributed by atoms with Crippen molar-refractivity contribution in [3.63, 3.8) is 0 Å². The minimum Gasteiger partial charge on any atom is -0.406 e. The molecule has 1 N–H and O–H groups in total. The maximum atomic E-state index is 14.6. The van der Waals surface area contributed by atoms with Crippen molar-refractivity contribution in [3.8, 4) is 5.75 Å². The van der Waals surface area contributed by atoms with E-state index in [1.54, 1.807) is 20.8 Å². The number of carbonyl (C=O) groups excluding carboxylic acids is 2. The molecule has 7 nitrogen and oxygen atoms in total. The third-order valence-electron chi connectivity index (χ3n) is 5.80. The van der Waals surface area contributed by atoms with E-state index in [0.29, 0.717) is 5.56 Å². The Bertz CT molecular complexity index is 1310. The summed E-state index contributed by atoms with van der Waals surface area (Å²) in [5, 5.41) is 2.68. The molecule has 4 rings (SSSR count). The smallest absolute Gasteiger partial charge is 0.406 e. The lowest BCUT2D eigenvalue weighted by Crippen LogP contribution is -2.63. The molecule has 0 spiro atoms. The molecule has 2 aromatic carbocycles. The number of sulfone groups is 1. The van der Waals surface area contributed by atoms with Crippen molar-refractivity contribution in [1.29, 1.82) is 0 Å². The van der Waals surface area contributed by atoms with Gasteiger partial charge in [0.15, 0.2) is 9.84 Å². The van der Waals surface area contributed by atoms with E-state index < -0.39 is 56.2 Å². The van der Waals surface area contributed by atoms with Gasteiger partial charge < -0.3 is 10.1 Å². The summed E-state index contributed by atoms with van der Waals surface area (Å²) in [6, 6.07) is 6.56. The molecule has 0 aromatic heterocycles. The zero-order chi connectivity index (χ0) is 25.3. The summed E-state index contributed by atoms with van der Waals surface area (Å²) in [5.74, 6) is -3.17. The summed E-state index contributed by atoms with van der Waals surface area (Å²) in [6.07, 6.45) is -5.00. The van der Waals surface area contributed by atoms with Crippen molar-refractivity contribution >= 4 is 33.0 Å². The van der Waals surface area contributed by atoms with E-state index >= 15 is 0 Å². The molecule has 1 fully saturated rings. The molecule has 1 saturated heterocycles. The van der Waals surface area contributed by atoms with Gasteiger partial charge in [0.05, 0.1) is 33.8 Å². The molecule has 2 aliphatic rings. The van der Waals surface area contributed by atoms with Gasteiger partial charge in [0, 0.05) is 11.6 Å². The number of halogens is 4. The molecule has 2 heterocycles. The van der Waals surface area contributed by atoms with E-state index in [9.17, 15) is 35.6 Å². The van der Waals surface area contributed by atoms with Gasteiger partial charge in [-0.3, -0.25) is 14.5 Å². The average Bonchev–Trinajstić information content (AvgIpc) is 2.86. The number of benzene rings is 2. The third kappa shape index (κ3) is 4.22. The Morgan fingerprint density at radius 1 is 1.06 bits per heavy atom. The summed E-state index contributed by atoms with van der Waals surface area (Å²) in [4.78, 5) is 26.9. The molecule has 0 unspecified atom stereocenters. The number of rotatable bonds is 4. The number of nitrogens with zero attached hydrogens (tertiary/aromatic N) is 1. The fourth-order valence-corrected chi connectivity index (χ4v) is 6.33. The lowest BCUT2D eigenvalue weighted by molar-refractivity contribution is -0.274. The van der Waals surface area contributed by atoms with Crippen LogP contribution >= 0.6 is 0 Å².